The van der Waals surface area contributed by atoms with Gasteiger partial charge in [0.05, 0.1) is 21.7 Å². The van der Waals surface area contributed by atoms with E-state index in [0.717, 1.165) is 22.4 Å². The fraction of sp³-hybridized carbons (Fsp3) is 0.278. The van der Waals surface area contributed by atoms with Gasteiger partial charge in [-0.05, 0) is 37.1 Å². The highest BCUT2D eigenvalue weighted by Crippen LogP contribution is 2.22. The predicted octanol–water partition coefficient (Wildman–Crippen LogP) is 3.19. The molecule has 0 spiro atoms. The normalized spacial score (nSPS) is 13.2. The molecule has 1 heterocycles. The van der Waals surface area contributed by atoms with Gasteiger partial charge >= 0.3 is 4.87 Å². The first-order chi connectivity index (χ1) is 11.9. The van der Waals surface area contributed by atoms with Crippen LogP contribution in [0.3, 0.4) is 0 Å². The third-order valence-corrected chi connectivity index (χ3v) is 6.63. The van der Waals surface area contributed by atoms with Gasteiger partial charge in [-0.3, -0.25) is 9.36 Å². The van der Waals surface area contributed by atoms with Gasteiger partial charge in [-0.15, -0.1) is 0 Å². The fourth-order valence-electron chi connectivity index (χ4n) is 2.55. The number of sulfonamides is 1. The molecular weight excluding hydrogens is 356 g/mol. The first-order valence-electron chi connectivity index (χ1n) is 8.10. The zero-order valence-corrected chi connectivity index (χ0v) is 15.7. The van der Waals surface area contributed by atoms with Gasteiger partial charge in [0.1, 0.15) is 0 Å². The van der Waals surface area contributed by atoms with Crippen molar-refractivity contribution >= 4 is 31.6 Å². The highest BCUT2D eigenvalue weighted by molar-refractivity contribution is 7.89. The minimum absolute atomic E-state index is 0.0942. The Labute approximate surface area is 151 Å². The summed E-state index contributed by atoms with van der Waals surface area (Å²) in [6.45, 7) is 4.22. The summed E-state index contributed by atoms with van der Waals surface area (Å²) in [6, 6.07) is 14.4. The molecule has 3 aromatic rings. The molecule has 1 aromatic heterocycles. The van der Waals surface area contributed by atoms with Crippen molar-refractivity contribution in [3.05, 3.63) is 63.8 Å². The number of fused-ring (bicyclic) bond motifs is 1. The van der Waals surface area contributed by atoms with Crippen LogP contribution >= 0.6 is 11.3 Å². The standard InChI is InChI=1S/C18H20N2O3S2/c1-3-13(2)19-25(22,23)15-9-10-16-17(11-15)24-18(21)20(16)12-14-7-5-4-6-8-14/h4-11,13,19H,3,12H2,1-2H3/t13-/m0/s1. The first-order valence-corrected chi connectivity index (χ1v) is 10.4. The van der Waals surface area contributed by atoms with Gasteiger partial charge < -0.3 is 0 Å². The first kappa shape index (κ1) is 17.8. The van der Waals surface area contributed by atoms with Crippen LogP contribution in [0.4, 0.5) is 0 Å². The van der Waals surface area contributed by atoms with Crippen LogP contribution in [0, 0.1) is 0 Å². The van der Waals surface area contributed by atoms with E-state index in [1.54, 1.807) is 22.8 Å². The smallest absolute Gasteiger partial charge is 0.294 e. The molecule has 0 saturated heterocycles. The summed E-state index contributed by atoms with van der Waals surface area (Å²) in [5, 5.41) is 0. The Hall–Kier alpha value is -1.96. The fourth-order valence-corrected chi connectivity index (χ4v) is 4.90. The number of hydrogen-bond donors (Lipinski definition) is 1. The lowest BCUT2D eigenvalue weighted by Gasteiger charge is -2.12. The van der Waals surface area contributed by atoms with E-state index in [1.807, 2.05) is 44.2 Å². The van der Waals surface area contributed by atoms with Crippen LogP contribution in [0.15, 0.2) is 58.2 Å². The topological polar surface area (TPSA) is 68.2 Å². The predicted molar refractivity (Wildman–Crippen MR) is 102 cm³/mol. The maximum absolute atomic E-state index is 12.4. The lowest BCUT2D eigenvalue weighted by Crippen LogP contribution is -2.31. The van der Waals surface area contributed by atoms with Crippen LogP contribution in [0.1, 0.15) is 25.8 Å². The van der Waals surface area contributed by atoms with Gasteiger partial charge in [0, 0.05) is 6.04 Å². The molecule has 2 aromatic carbocycles. The average molecular weight is 377 g/mol. The number of benzene rings is 2. The maximum Gasteiger partial charge on any atom is 0.308 e. The number of nitrogens with one attached hydrogen (secondary N) is 1. The number of aromatic nitrogens is 1. The summed E-state index contributed by atoms with van der Waals surface area (Å²) >= 11 is 1.07. The number of thiazole rings is 1. The lowest BCUT2D eigenvalue weighted by atomic mass is 10.2. The number of rotatable bonds is 6. The van der Waals surface area contributed by atoms with Crippen LogP contribution in [-0.2, 0) is 16.6 Å². The average Bonchev–Trinajstić information content (AvgIpc) is 2.90. The molecule has 7 heteroatoms. The van der Waals surface area contributed by atoms with Gasteiger partial charge in [-0.1, -0.05) is 48.6 Å². The zero-order valence-electron chi connectivity index (χ0n) is 14.1. The molecule has 132 valence electrons. The van der Waals surface area contributed by atoms with E-state index in [1.165, 1.54) is 0 Å². The molecule has 25 heavy (non-hydrogen) atoms. The molecule has 0 aliphatic rings. The summed E-state index contributed by atoms with van der Waals surface area (Å²) < 4.78 is 29.9. The van der Waals surface area contributed by atoms with Crippen molar-refractivity contribution in [1.29, 1.82) is 0 Å². The van der Waals surface area contributed by atoms with Crippen molar-refractivity contribution in [2.75, 3.05) is 0 Å². The van der Waals surface area contributed by atoms with Crippen molar-refractivity contribution in [1.82, 2.24) is 9.29 Å². The molecule has 1 atom stereocenters. The molecule has 3 rings (SSSR count). The Bertz CT molecular complexity index is 1040. The maximum atomic E-state index is 12.4. The molecule has 1 N–H and O–H groups in total. The van der Waals surface area contributed by atoms with E-state index in [0.29, 0.717) is 17.7 Å². The Morgan fingerprint density at radius 3 is 2.56 bits per heavy atom. The second kappa shape index (κ2) is 7.11. The Kier molecular flexibility index (Phi) is 5.08. The van der Waals surface area contributed by atoms with E-state index in [4.69, 9.17) is 0 Å². The van der Waals surface area contributed by atoms with Crippen molar-refractivity contribution in [3.63, 3.8) is 0 Å². The zero-order chi connectivity index (χ0) is 18.0. The van der Waals surface area contributed by atoms with Crippen molar-refractivity contribution in [3.8, 4) is 0 Å². The summed E-state index contributed by atoms with van der Waals surface area (Å²) in [5.41, 5.74) is 1.78. The highest BCUT2D eigenvalue weighted by atomic mass is 32.2. The summed E-state index contributed by atoms with van der Waals surface area (Å²) in [4.78, 5) is 12.4. The van der Waals surface area contributed by atoms with Crippen LogP contribution in [0.2, 0.25) is 0 Å². The minimum Gasteiger partial charge on any atom is -0.294 e. The molecule has 0 aliphatic carbocycles. The molecule has 0 amide bonds. The molecule has 0 unspecified atom stereocenters. The van der Waals surface area contributed by atoms with E-state index in [2.05, 4.69) is 4.72 Å². The molecule has 0 fully saturated rings. The van der Waals surface area contributed by atoms with Crippen molar-refractivity contribution in [2.45, 2.75) is 37.8 Å². The Morgan fingerprint density at radius 2 is 1.88 bits per heavy atom. The highest BCUT2D eigenvalue weighted by Gasteiger charge is 2.18. The molecule has 5 nitrogen and oxygen atoms in total. The van der Waals surface area contributed by atoms with Crippen LogP contribution < -0.4 is 9.60 Å². The third kappa shape index (κ3) is 3.84. The quantitative estimate of drug-likeness (QED) is 0.718. The van der Waals surface area contributed by atoms with Crippen LogP contribution in [0.5, 0.6) is 0 Å². The van der Waals surface area contributed by atoms with Gasteiger partial charge in [0.15, 0.2) is 0 Å². The molecule has 0 aliphatic heterocycles. The third-order valence-electron chi connectivity index (χ3n) is 4.10. The van der Waals surface area contributed by atoms with Gasteiger partial charge in [0.2, 0.25) is 10.0 Å². The monoisotopic (exact) mass is 376 g/mol. The molecule has 0 bridgehead atoms. The van der Waals surface area contributed by atoms with Gasteiger partial charge in [0.25, 0.3) is 0 Å². The summed E-state index contributed by atoms with van der Waals surface area (Å²) in [6.07, 6.45) is 0.711. The van der Waals surface area contributed by atoms with E-state index >= 15 is 0 Å². The summed E-state index contributed by atoms with van der Waals surface area (Å²) in [5.74, 6) is 0. The van der Waals surface area contributed by atoms with E-state index < -0.39 is 10.0 Å². The van der Waals surface area contributed by atoms with Gasteiger partial charge in [-0.2, -0.15) is 0 Å². The largest absolute Gasteiger partial charge is 0.308 e. The van der Waals surface area contributed by atoms with Crippen molar-refractivity contribution in [2.24, 2.45) is 0 Å². The number of nitrogens with zero attached hydrogens (tertiary/aromatic N) is 1. The molecular formula is C18H20N2O3S2. The van der Waals surface area contributed by atoms with E-state index in [9.17, 15) is 13.2 Å². The Morgan fingerprint density at radius 1 is 1.16 bits per heavy atom. The molecule has 0 radical (unpaired) electrons. The minimum atomic E-state index is -3.58. The van der Waals surface area contributed by atoms with E-state index in [-0.39, 0.29) is 15.8 Å². The van der Waals surface area contributed by atoms with Gasteiger partial charge in [-0.25, -0.2) is 13.1 Å². The second-order valence-electron chi connectivity index (χ2n) is 6.00. The van der Waals surface area contributed by atoms with Crippen LogP contribution in [-0.4, -0.2) is 19.0 Å². The molecule has 0 saturated carbocycles. The SMILES string of the molecule is CC[C@H](C)NS(=O)(=O)c1ccc2c(c1)sc(=O)n2Cc1ccccc1. The number of hydrogen-bond acceptors (Lipinski definition) is 4. The van der Waals surface area contributed by atoms with Crippen LogP contribution in [0.25, 0.3) is 10.2 Å². The second-order valence-corrected chi connectivity index (χ2v) is 8.71. The lowest BCUT2D eigenvalue weighted by molar-refractivity contribution is 0.556. The van der Waals surface area contributed by atoms with Crippen molar-refractivity contribution < 1.29 is 8.42 Å². The summed E-state index contributed by atoms with van der Waals surface area (Å²) in [7, 11) is -3.58. The Balaban J connectivity index is 1.99.